The number of rotatable bonds is 10. The molecule has 214 valence electrons. The molecular formula is C32H35N3O6. The molecule has 41 heavy (non-hydrogen) atoms. The predicted octanol–water partition coefficient (Wildman–Crippen LogP) is 3.71. The van der Waals surface area contributed by atoms with E-state index in [9.17, 15) is 19.2 Å². The number of alkyl carbamates (subject to hydrolysis) is 1. The smallest absolute Gasteiger partial charge is 0.407 e. The number of ether oxygens (including phenoxy) is 2. The van der Waals surface area contributed by atoms with Gasteiger partial charge in [0.25, 0.3) is 0 Å². The van der Waals surface area contributed by atoms with E-state index in [1.807, 2.05) is 78.9 Å². The maximum absolute atomic E-state index is 12.7. The summed E-state index contributed by atoms with van der Waals surface area (Å²) in [5.74, 6) is -1.81. The minimum absolute atomic E-state index is 0.0977. The number of hydrogen-bond donors (Lipinski definition) is 3. The van der Waals surface area contributed by atoms with Gasteiger partial charge in [0, 0.05) is 12.3 Å². The molecule has 0 bridgehead atoms. The van der Waals surface area contributed by atoms with Crippen molar-refractivity contribution in [3.63, 3.8) is 0 Å². The fraction of sp³-hybridized carbons (Fsp3) is 0.312. The summed E-state index contributed by atoms with van der Waals surface area (Å²) in [6, 6.07) is 24.3. The molecule has 1 aliphatic carbocycles. The van der Waals surface area contributed by atoms with Gasteiger partial charge in [-0.1, -0.05) is 78.9 Å². The van der Waals surface area contributed by atoms with Crippen LogP contribution < -0.4 is 16.0 Å². The van der Waals surface area contributed by atoms with Crippen LogP contribution in [0.3, 0.4) is 0 Å². The summed E-state index contributed by atoms with van der Waals surface area (Å²) in [6.45, 7) is 4.61. The third-order valence-electron chi connectivity index (χ3n) is 6.49. The van der Waals surface area contributed by atoms with Crippen molar-refractivity contribution in [3.05, 3.63) is 95.6 Å². The SMILES string of the molecule is CC(C)(C)OC(=O)[C@H](Cc1ccccc1)NC(=O)CNC(=O)CNC(=O)OCC1c2ccccc2-c2ccccc21. The van der Waals surface area contributed by atoms with Crippen molar-refractivity contribution in [3.8, 4) is 11.1 Å². The van der Waals surface area contributed by atoms with Gasteiger partial charge in [-0.15, -0.1) is 0 Å². The molecule has 0 heterocycles. The maximum Gasteiger partial charge on any atom is 0.407 e. The van der Waals surface area contributed by atoms with Crippen LogP contribution in [0, 0.1) is 0 Å². The van der Waals surface area contributed by atoms with Crippen LogP contribution in [-0.2, 0) is 30.3 Å². The third kappa shape index (κ3) is 8.17. The third-order valence-corrected chi connectivity index (χ3v) is 6.49. The Bertz CT molecular complexity index is 1350. The van der Waals surface area contributed by atoms with Crippen LogP contribution in [0.15, 0.2) is 78.9 Å². The molecule has 1 aliphatic rings. The van der Waals surface area contributed by atoms with Crippen molar-refractivity contribution >= 4 is 23.9 Å². The monoisotopic (exact) mass is 557 g/mol. The van der Waals surface area contributed by atoms with Gasteiger partial charge in [-0.05, 0) is 48.6 Å². The second-order valence-corrected chi connectivity index (χ2v) is 10.8. The normalized spacial score (nSPS) is 12.9. The molecule has 0 saturated heterocycles. The van der Waals surface area contributed by atoms with Crippen molar-refractivity contribution in [2.24, 2.45) is 0 Å². The van der Waals surface area contributed by atoms with Gasteiger partial charge >= 0.3 is 12.1 Å². The minimum atomic E-state index is -0.931. The summed E-state index contributed by atoms with van der Waals surface area (Å²) in [6.07, 6.45) is -0.502. The fourth-order valence-electron chi connectivity index (χ4n) is 4.70. The van der Waals surface area contributed by atoms with Crippen LogP contribution in [0.1, 0.15) is 43.4 Å². The predicted molar refractivity (Wildman–Crippen MR) is 154 cm³/mol. The molecule has 3 amide bonds. The highest BCUT2D eigenvalue weighted by Gasteiger charge is 2.29. The van der Waals surface area contributed by atoms with E-state index in [4.69, 9.17) is 9.47 Å². The van der Waals surface area contributed by atoms with E-state index in [1.165, 1.54) is 0 Å². The van der Waals surface area contributed by atoms with Crippen LogP contribution in [0.2, 0.25) is 0 Å². The second kappa shape index (κ2) is 13.1. The zero-order valence-corrected chi connectivity index (χ0v) is 23.4. The highest BCUT2D eigenvalue weighted by Crippen LogP contribution is 2.44. The number of esters is 1. The van der Waals surface area contributed by atoms with E-state index in [0.29, 0.717) is 0 Å². The Balaban J connectivity index is 1.23. The summed E-state index contributed by atoms with van der Waals surface area (Å²) in [5, 5.41) is 7.50. The average molecular weight is 558 g/mol. The molecule has 9 heteroatoms. The second-order valence-electron chi connectivity index (χ2n) is 10.8. The number of fused-ring (bicyclic) bond motifs is 3. The van der Waals surface area contributed by atoms with E-state index in [1.54, 1.807) is 20.8 Å². The number of hydrogen-bond acceptors (Lipinski definition) is 6. The van der Waals surface area contributed by atoms with Gasteiger partial charge in [-0.2, -0.15) is 0 Å². The Morgan fingerprint density at radius 2 is 1.32 bits per heavy atom. The lowest BCUT2D eigenvalue weighted by Crippen LogP contribution is -2.49. The van der Waals surface area contributed by atoms with Gasteiger partial charge in [-0.25, -0.2) is 9.59 Å². The summed E-state index contributed by atoms with van der Waals surface area (Å²) < 4.78 is 10.9. The van der Waals surface area contributed by atoms with Gasteiger partial charge in [0.15, 0.2) is 0 Å². The van der Waals surface area contributed by atoms with Crippen LogP contribution >= 0.6 is 0 Å². The van der Waals surface area contributed by atoms with Gasteiger partial charge in [0.1, 0.15) is 24.8 Å². The Kier molecular flexibility index (Phi) is 9.39. The molecule has 0 radical (unpaired) electrons. The first-order chi connectivity index (χ1) is 19.6. The van der Waals surface area contributed by atoms with Gasteiger partial charge in [-0.3, -0.25) is 9.59 Å². The first-order valence-corrected chi connectivity index (χ1v) is 13.5. The lowest BCUT2D eigenvalue weighted by Gasteiger charge is -2.24. The lowest BCUT2D eigenvalue weighted by atomic mass is 9.98. The highest BCUT2D eigenvalue weighted by molar-refractivity contribution is 5.89. The first kappa shape index (κ1) is 29.3. The van der Waals surface area contributed by atoms with E-state index >= 15 is 0 Å². The van der Waals surface area contributed by atoms with Crippen LogP contribution in [0.4, 0.5) is 4.79 Å². The molecule has 1 atom stereocenters. The number of benzene rings is 3. The number of carbonyl (C=O) groups is 4. The Hall–Kier alpha value is -4.66. The van der Waals surface area contributed by atoms with Crippen molar-refractivity contribution in [1.82, 2.24) is 16.0 Å². The quantitative estimate of drug-likeness (QED) is 0.327. The van der Waals surface area contributed by atoms with Gasteiger partial charge in [0.2, 0.25) is 11.8 Å². The number of amides is 3. The van der Waals surface area contributed by atoms with E-state index in [0.717, 1.165) is 27.8 Å². The largest absolute Gasteiger partial charge is 0.458 e. The highest BCUT2D eigenvalue weighted by atomic mass is 16.6. The molecule has 0 fully saturated rings. The summed E-state index contributed by atoms with van der Waals surface area (Å²) in [4.78, 5) is 49.9. The first-order valence-electron chi connectivity index (χ1n) is 13.5. The summed E-state index contributed by atoms with van der Waals surface area (Å²) in [5.41, 5.74) is 4.53. The molecule has 4 rings (SSSR count). The van der Waals surface area contributed by atoms with Crippen molar-refractivity contribution in [2.75, 3.05) is 19.7 Å². The number of carbonyl (C=O) groups excluding carboxylic acids is 4. The summed E-state index contributed by atoms with van der Waals surface area (Å²) in [7, 11) is 0. The summed E-state index contributed by atoms with van der Waals surface area (Å²) >= 11 is 0. The Morgan fingerprint density at radius 1 is 0.756 bits per heavy atom. The van der Waals surface area contributed by atoms with Crippen LogP contribution in [0.5, 0.6) is 0 Å². The molecule has 0 aliphatic heterocycles. The zero-order valence-electron chi connectivity index (χ0n) is 23.4. The van der Waals surface area contributed by atoms with Crippen molar-refractivity contribution in [2.45, 2.75) is 44.8 Å². The minimum Gasteiger partial charge on any atom is -0.458 e. The molecular weight excluding hydrogens is 522 g/mol. The van der Waals surface area contributed by atoms with Crippen LogP contribution in [-0.4, -0.2) is 55.2 Å². The molecule has 3 N–H and O–H groups in total. The molecule has 9 nitrogen and oxygen atoms in total. The Morgan fingerprint density at radius 3 is 1.93 bits per heavy atom. The van der Waals surface area contributed by atoms with Crippen LogP contribution in [0.25, 0.3) is 11.1 Å². The standard InChI is InChI=1S/C32H35N3O6/c1-32(2,3)41-30(38)27(17-21-11-5-4-6-12-21)35-29(37)19-33-28(36)18-34-31(39)40-20-26-24-15-9-7-13-22(24)23-14-8-10-16-25(23)26/h4-16,26-27H,17-20H2,1-3H3,(H,33,36)(H,34,39)(H,35,37)/t27-/m0/s1. The molecule has 0 unspecified atom stereocenters. The molecule has 0 saturated carbocycles. The van der Waals surface area contributed by atoms with E-state index in [2.05, 4.69) is 16.0 Å². The van der Waals surface area contributed by atoms with E-state index in [-0.39, 0.29) is 32.0 Å². The van der Waals surface area contributed by atoms with Gasteiger partial charge in [0.05, 0.1) is 6.54 Å². The van der Waals surface area contributed by atoms with Crippen molar-refractivity contribution in [1.29, 1.82) is 0 Å². The molecule has 0 aromatic heterocycles. The molecule has 3 aromatic rings. The number of nitrogens with one attached hydrogen (secondary N) is 3. The maximum atomic E-state index is 12.7. The van der Waals surface area contributed by atoms with Crippen molar-refractivity contribution < 1.29 is 28.7 Å². The lowest BCUT2D eigenvalue weighted by molar-refractivity contribution is -0.158. The fourth-order valence-corrected chi connectivity index (χ4v) is 4.70. The molecule has 3 aromatic carbocycles. The topological polar surface area (TPSA) is 123 Å². The molecule has 0 spiro atoms. The van der Waals surface area contributed by atoms with Gasteiger partial charge < -0.3 is 25.4 Å². The zero-order chi connectivity index (χ0) is 29.4. The average Bonchev–Trinajstić information content (AvgIpc) is 3.26. The van der Waals surface area contributed by atoms with E-state index < -0.39 is 35.5 Å². The Labute approximate surface area is 239 Å².